The quantitative estimate of drug-likeness (QED) is 0.258. The molecule has 0 fully saturated rings. The molecule has 12 heteroatoms. The van der Waals surface area contributed by atoms with Crippen LogP contribution >= 0.6 is 11.8 Å². The first kappa shape index (κ1) is 24.1. The van der Waals surface area contributed by atoms with Crippen LogP contribution in [0.5, 0.6) is 0 Å². The summed E-state index contributed by atoms with van der Waals surface area (Å²) in [5.74, 6) is -0.103. The fraction of sp³-hybridized carbons (Fsp3) is 0.381. The van der Waals surface area contributed by atoms with Crippen molar-refractivity contribution in [3.63, 3.8) is 0 Å². The first-order valence-electron chi connectivity index (χ1n) is 9.97. The number of nitro benzene ring substituents is 1. The van der Waals surface area contributed by atoms with Gasteiger partial charge in [-0.15, -0.1) is 0 Å². The SMILES string of the molecule is Cc1ccc([N+](=O)[O-])cc1NC(=O)CSc1nc(C(C)(C)C)nc2c1c(=O)n(C)c(=O)n2C. The first-order valence-corrected chi connectivity index (χ1v) is 11.0. The van der Waals surface area contributed by atoms with Gasteiger partial charge in [-0.1, -0.05) is 38.6 Å². The maximum absolute atomic E-state index is 12.9. The normalized spacial score (nSPS) is 11.6. The van der Waals surface area contributed by atoms with Gasteiger partial charge in [-0.25, -0.2) is 14.8 Å². The highest BCUT2D eigenvalue weighted by Crippen LogP contribution is 2.27. The molecule has 0 saturated heterocycles. The van der Waals surface area contributed by atoms with Gasteiger partial charge in [0.05, 0.1) is 16.4 Å². The minimum absolute atomic E-state index is 0.107. The zero-order valence-electron chi connectivity index (χ0n) is 19.1. The van der Waals surface area contributed by atoms with Gasteiger partial charge in [-0.3, -0.25) is 28.8 Å². The molecule has 0 radical (unpaired) electrons. The molecule has 0 unspecified atom stereocenters. The lowest BCUT2D eigenvalue weighted by atomic mass is 9.96. The van der Waals surface area contributed by atoms with Gasteiger partial charge >= 0.3 is 5.69 Å². The van der Waals surface area contributed by atoms with Crippen molar-refractivity contribution in [1.82, 2.24) is 19.1 Å². The summed E-state index contributed by atoms with van der Waals surface area (Å²) >= 11 is 1.04. The van der Waals surface area contributed by atoms with Gasteiger partial charge < -0.3 is 5.32 Å². The summed E-state index contributed by atoms with van der Waals surface area (Å²) in [7, 11) is 2.89. The molecule has 1 N–H and O–H groups in total. The second kappa shape index (κ2) is 8.77. The molecule has 0 aliphatic heterocycles. The number of benzene rings is 1. The number of nitro groups is 1. The van der Waals surface area contributed by atoms with Crippen molar-refractivity contribution in [3.8, 4) is 0 Å². The summed E-state index contributed by atoms with van der Waals surface area (Å²) in [6.07, 6.45) is 0. The summed E-state index contributed by atoms with van der Waals surface area (Å²) in [5, 5.41) is 14.1. The number of hydrogen-bond acceptors (Lipinski definition) is 8. The third-order valence-electron chi connectivity index (χ3n) is 4.98. The van der Waals surface area contributed by atoms with Gasteiger partial charge in [-0.2, -0.15) is 0 Å². The number of aryl methyl sites for hydroxylation is 2. The van der Waals surface area contributed by atoms with Crippen LogP contribution in [0.2, 0.25) is 0 Å². The summed E-state index contributed by atoms with van der Waals surface area (Å²) < 4.78 is 2.25. The molecule has 0 aliphatic carbocycles. The first-order chi connectivity index (χ1) is 15.3. The Bertz CT molecular complexity index is 1400. The third-order valence-corrected chi connectivity index (χ3v) is 5.96. The Kier molecular flexibility index (Phi) is 6.41. The molecule has 0 spiro atoms. The second-order valence-corrected chi connectivity index (χ2v) is 9.56. The van der Waals surface area contributed by atoms with E-state index in [1.54, 1.807) is 13.0 Å². The number of nitrogens with one attached hydrogen (secondary N) is 1. The largest absolute Gasteiger partial charge is 0.332 e. The van der Waals surface area contributed by atoms with E-state index in [0.717, 1.165) is 16.3 Å². The number of aromatic nitrogens is 4. The predicted octanol–water partition coefficient (Wildman–Crippen LogP) is 2.27. The third kappa shape index (κ3) is 4.80. The van der Waals surface area contributed by atoms with Gasteiger partial charge in [0.2, 0.25) is 5.91 Å². The van der Waals surface area contributed by atoms with Crippen LogP contribution in [-0.4, -0.2) is 35.7 Å². The zero-order chi connectivity index (χ0) is 24.7. The maximum atomic E-state index is 12.9. The highest BCUT2D eigenvalue weighted by atomic mass is 32.2. The predicted molar refractivity (Wildman–Crippen MR) is 126 cm³/mol. The van der Waals surface area contributed by atoms with E-state index < -0.39 is 27.5 Å². The number of rotatable bonds is 5. The Morgan fingerprint density at radius 1 is 1.18 bits per heavy atom. The highest BCUT2D eigenvalue weighted by molar-refractivity contribution is 8.00. The van der Waals surface area contributed by atoms with Crippen molar-refractivity contribution >= 4 is 40.1 Å². The molecule has 3 aromatic rings. The summed E-state index contributed by atoms with van der Waals surface area (Å²) in [6, 6.07) is 4.21. The van der Waals surface area contributed by atoms with Crippen molar-refractivity contribution < 1.29 is 9.72 Å². The molecule has 1 amide bonds. The number of fused-ring (bicyclic) bond motifs is 1. The van der Waals surface area contributed by atoms with Gasteiger partial charge in [0.1, 0.15) is 16.2 Å². The molecule has 174 valence electrons. The lowest BCUT2D eigenvalue weighted by Gasteiger charge is -2.19. The van der Waals surface area contributed by atoms with Crippen LogP contribution in [0.25, 0.3) is 11.0 Å². The van der Waals surface area contributed by atoms with Gasteiger partial charge in [0.15, 0.2) is 5.65 Å². The van der Waals surface area contributed by atoms with Crippen molar-refractivity contribution in [3.05, 3.63) is 60.5 Å². The van der Waals surface area contributed by atoms with Crippen LogP contribution in [0.3, 0.4) is 0 Å². The molecule has 0 saturated carbocycles. The molecular formula is C21H24N6O5S. The lowest BCUT2D eigenvalue weighted by molar-refractivity contribution is -0.384. The van der Waals surface area contributed by atoms with Crippen LogP contribution in [0.15, 0.2) is 32.8 Å². The van der Waals surface area contributed by atoms with Crippen LogP contribution in [0.4, 0.5) is 11.4 Å². The summed E-state index contributed by atoms with van der Waals surface area (Å²) in [5.41, 5.74) is -0.471. The Morgan fingerprint density at radius 2 is 1.85 bits per heavy atom. The van der Waals surface area contributed by atoms with Crippen molar-refractivity contribution in [2.24, 2.45) is 14.1 Å². The van der Waals surface area contributed by atoms with Gasteiger partial charge in [0, 0.05) is 31.6 Å². The molecule has 0 aliphatic rings. The van der Waals surface area contributed by atoms with E-state index in [4.69, 9.17) is 0 Å². The van der Waals surface area contributed by atoms with E-state index in [-0.39, 0.29) is 27.5 Å². The number of amides is 1. The van der Waals surface area contributed by atoms with E-state index in [0.29, 0.717) is 17.1 Å². The van der Waals surface area contributed by atoms with Crippen LogP contribution in [0.1, 0.15) is 32.2 Å². The number of carbonyl (C=O) groups excluding carboxylic acids is 1. The Hall–Kier alpha value is -3.54. The molecule has 11 nitrogen and oxygen atoms in total. The minimum Gasteiger partial charge on any atom is -0.325 e. The van der Waals surface area contributed by atoms with E-state index in [2.05, 4.69) is 15.3 Å². The summed E-state index contributed by atoms with van der Waals surface area (Å²) in [6.45, 7) is 7.43. The molecule has 3 rings (SSSR count). The van der Waals surface area contributed by atoms with Gasteiger partial charge in [-0.05, 0) is 12.5 Å². The Balaban J connectivity index is 2.00. The lowest BCUT2D eigenvalue weighted by Crippen LogP contribution is -2.38. The number of hydrogen-bond donors (Lipinski definition) is 1. The van der Waals surface area contributed by atoms with Crippen LogP contribution in [-0.2, 0) is 24.3 Å². The average molecular weight is 473 g/mol. The highest BCUT2D eigenvalue weighted by Gasteiger charge is 2.24. The van der Waals surface area contributed by atoms with Crippen molar-refractivity contribution in [2.75, 3.05) is 11.1 Å². The fourth-order valence-electron chi connectivity index (χ4n) is 3.05. The number of nitrogens with zero attached hydrogens (tertiary/aromatic N) is 5. The molecule has 1 aromatic carbocycles. The number of carbonyl (C=O) groups is 1. The second-order valence-electron chi connectivity index (χ2n) is 8.60. The average Bonchev–Trinajstić information content (AvgIpc) is 2.74. The van der Waals surface area contributed by atoms with Gasteiger partial charge in [0.25, 0.3) is 11.2 Å². The standard InChI is InChI=1S/C21H24N6O5S/c1-11-7-8-12(27(31)32)9-13(11)22-14(28)10-33-17-15-16(23-19(24-17)21(2,3)4)25(5)20(30)26(6)18(15)29/h7-9H,10H2,1-6H3,(H,22,28). The van der Waals surface area contributed by atoms with E-state index >= 15 is 0 Å². The maximum Gasteiger partial charge on any atom is 0.332 e. The van der Waals surface area contributed by atoms with E-state index in [9.17, 15) is 24.5 Å². The van der Waals surface area contributed by atoms with Crippen molar-refractivity contribution in [1.29, 1.82) is 0 Å². The monoisotopic (exact) mass is 472 g/mol. The topological polar surface area (TPSA) is 142 Å². The molecular weight excluding hydrogens is 448 g/mol. The molecule has 0 bridgehead atoms. The summed E-state index contributed by atoms with van der Waals surface area (Å²) in [4.78, 5) is 57.4. The van der Waals surface area contributed by atoms with Crippen molar-refractivity contribution in [2.45, 2.75) is 38.1 Å². The molecule has 33 heavy (non-hydrogen) atoms. The van der Waals surface area contributed by atoms with Crippen LogP contribution < -0.4 is 16.6 Å². The fourth-order valence-corrected chi connectivity index (χ4v) is 3.86. The van der Waals surface area contributed by atoms with E-state index in [1.807, 2.05) is 20.8 Å². The van der Waals surface area contributed by atoms with Crippen LogP contribution in [0, 0.1) is 17.0 Å². The molecule has 2 aromatic heterocycles. The zero-order valence-corrected chi connectivity index (χ0v) is 19.9. The Labute approximate surface area is 193 Å². The number of thioether (sulfide) groups is 1. The number of anilines is 1. The Morgan fingerprint density at radius 3 is 2.45 bits per heavy atom. The number of non-ortho nitro benzene ring substituents is 1. The molecule has 2 heterocycles. The molecule has 0 atom stereocenters. The minimum atomic E-state index is -0.550. The smallest absolute Gasteiger partial charge is 0.325 e. The van der Waals surface area contributed by atoms with E-state index in [1.165, 1.54) is 30.8 Å².